The monoisotopic (exact) mass is 537 g/mol. The van der Waals surface area contributed by atoms with Gasteiger partial charge in [-0.3, -0.25) is 19.5 Å². The van der Waals surface area contributed by atoms with Crippen molar-refractivity contribution in [2.24, 2.45) is 5.92 Å². The summed E-state index contributed by atoms with van der Waals surface area (Å²) >= 11 is 1.48. The van der Waals surface area contributed by atoms with E-state index in [1.807, 2.05) is 47.1 Å². The van der Waals surface area contributed by atoms with Gasteiger partial charge in [0.1, 0.15) is 0 Å². The van der Waals surface area contributed by atoms with Gasteiger partial charge in [0.25, 0.3) is 5.91 Å². The summed E-state index contributed by atoms with van der Waals surface area (Å²) in [6, 6.07) is 25.5. The average molecular weight is 538 g/mol. The summed E-state index contributed by atoms with van der Waals surface area (Å²) in [6.07, 6.45) is 3.72. The molecule has 0 aliphatic heterocycles. The average Bonchev–Trinajstić information content (AvgIpc) is 3.50. The Morgan fingerprint density at radius 1 is 0.974 bits per heavy atom. The van der Waals surface area contributed by atoms with Gasteiger partial charge in [-0.15, -0.1) is 0 Å². The van der Waals surface area contributed by atoms with Crippen molar-refractivity contribution in [2.45, 2.75) is 32.2 Å². The number of nitrogens with zero attached hydrogens (tertiary/aromatic N) is 3. The van der Waals surface area contributed by atoms with Crippen LogP contribution in [0, 0.1) is 5.92 Å². The minimum Gasteiger partial charge on any atom is -0.302 e. The Morgan fingerprint density at radius 2 is 1.77 bits per heavy atom. The van der Waals surface area contributed by atoms with Crippen molar-refractivity contribution in [1.29, 1.82) is 0 Å². The number of benzene rings is 3. The van der Waals surface area contributed by atoms with Gasteiger partial charge in [-0.25, -0.2) is 10.5 Å². The van der Waals surface area contributed by atoms with Gasteiger partial charge in [0.15, 0.2) is 5.13 Å². The van der Waals surface area contributed by atoms with E-state index in [9.17, 15) is 9.59 Å². The first-order chi connectivity index (χ1) is 19.1. The fraction of sp³-hybridized carbons (Fsp3) is 0.200. The van der Waals surface area contributed by atoms with Gasteiger partial charge < -0.3 is 5.32 Å². The van der Waals surface area contributed by atoms with Crippen LogP contribution < -0.4 is 10.8 Å². The number of rotatable bonds is 8. The van der Waals surface area contributed by atoms with Gasteiger partial charge in [-0.05, 0) is 54.3 Å². The van der Waals surface area contributed by atoms with Crippen LogP contribution in [0.15, 0.2) is 78.9 Å². The minimum atomic E-state index is -0.549. The number of aromatic nitrogens is 3. The second-order valence-corrected chi connectivity index (χ2v) is 10.8. The third-order valence-corrected chi connectivity index (χ3v) is 8.03. The first-order valence-electron chi connectivity index (χ1n) is 12.9. The number of thiazole rings is 1. The molecule has 1 fully saturated rings. The number of amides is 2. The van der Waals surface area contributed by atoms with Crippen LogP contribution in [0.1, 0.15) is 46.4 Å². The first kappa shape index (κ1) is 25.0. The molecular formula is C30H27N5O3S. The molecule has 0 unspecified atom stereocenters. The van der Waals surface area contributed by atoms with E-state index in [-0.39, 0.29) is 11.8 Å². The lowest BCUT2D eigenvalue weighted by Crippen LogP contribution is -2.27. The molecule has 39 heavy (non-hydrogen) atoms. The highest BCUT2D eigenvalue weighted by molar-refractivity contribution is 7.22. The van der Waals surface area contributed by atoms with Crippen molar-refractivity contribution >= 4 is 38.5 Å². The molecule has 0 saturated heterocycles. The molecule has 0 bridgehead atoms. The molecule has 196 valence electrons. The molecule has 3 aromatic carbocycles. The SMILES string of the molecule is O=C(NO)c1ccc(Cn2nc(Cc3ccccc3)cc2-c2ccc3nc(NC(=O)C4CCC4)sc3c2)cc1. The summed E-state index contributed by atoms with van der Waals surface area (Å²) in [6.45, 7) is 0.509. The number of carbonyl (C=O) groups excluding carboxylic acids is 2. The number of fused-ring (bicyclic) bond motifs is 1. The van der Waals surface area contributed by atoms with Crippen LogP contribution in [0.4, 0.5) is 5.13 Å². The second-order valence-electron chi connectivity index (χ2n) is 9.80. The lowest BCUT2D eigenvalue weighted by atomic mass is 9.85. The molecular weight excluding hydrogens is 510 g/mol. The normalized spacial score (nSPS) is 13.3. The molecule has 1 aliphatic carbocycles. The number of carbonyl (C=O) groups is 2. The lowest BCUT2D eigenvalue weighted by molar-refractivity contribution is -0.122. The van der Waals surface area contributed by atoms with Crippen LogP contribution in [0.5, 0.6) is 0 Å². The van der Waals surface area contributed by atoms with Crippen molar-refractivity contribution in [2.75, 3.05) is 5.32 Å². The van der Waals surface area contributed by atoms with Gasteiger partial charge in [0, 0.05) is 23.5 Å². The van der Waals surface area contributed by atoms with E-state index in [0.29, 0.717) is 23.7 Å². The van der Waals surface area contributed by atoms with Crippen LogP contribution in [0.25, 0.3) is 21.5 Å². The highest BCUT2D eigenvalue weighted by atomic mass is 32.1. The highest BCUT2D eigenvalue weighted by Gasteiger charge is 2.26. The molecule has 9 heteroatoms. The predicted molar refractivity (Wildman–Crippen MR) is 151 cm³/mol. The molecule has 2 amide bonds. The Balaban J connectivity index is 1.31. The maximum Gasteiger partial charge on any atom is 0.274 e. The molecule has 0 atom stereocenters. The summed E-state index contributed by atoms with van der Waals surface area (Å²) in [5.74, 6) is -0.378. The Labute approximate surface area is 229 Å². The topological polar surface area (TPSA) is 109 Å². The van der Waals surface area contributed by atoms with Crippen LogP contribution >= 0.6 is 11.3 Å². The summed E-state index contributed by atoms with van der Waals surface area (Å²) < 4.78 is 2.97. The smallest absolute Gasteiger partial charge is 0.274 e. The highest BCUT2D eigenvalue weighted by Crippen LogP contribution is 2.33. The zero-order valence-corrected chi connectivity index (χ0v) is 21.9. The summed E-state index contributed by atoms with van der Waals surface area (Å²) in [4.78, 5) is 28.8. The van der Waals surface area contributed by atoms with E-state index in [4.69, 9.17) is 10.3 Å². The molecule has 8 nitrogen and oxygen atoms in total. The molecule has 2 aromatic heterocycles. The van der Waals surface area contributed by atoms with Crippen molar-refractivity contribution in [3.8, 4) is 11.3 Å². The van der Waals surface area contributed by atoms with Gasteiger partial charge >= 0.3 is 0 Å². The lowest BCUT2D eigenvalue weighted by Gasteiger charge is -2.23. The number of anilines is 1. The zero-order valence-electron chi connectivity index (χ0n) is 21.1. The van der Waals surface area contributed by atoms with Crippen molar-refractivity contribution < 1.29 is 14.8 Å². The quantitative estimate of drug-likeness (QED) is 0.175. The fourth-order valence-corrected chi connectivity index (χ4v) is 5.64. The van der Waals surface area contributed by atoms with E-state index in [0.717, 1.165) is 52.0 Å². The standard InChI is InChI=1S/C30H27N5O3S/c36-28(21-7-4-8-21)32-30-31-25-14-13-23(16-27(25)39-30)26-17-24(15-19-5-2-1-3-6-19)33-35(26)18-20-9-11-22(12-10-20)29(37)34-38/h1-3,5-6,9-14,16-17,21,38H,4,7-8,15,18H2,(H,34,37)(H,31,32,36). The molecule has 5 aromatic rings. The fourth-order valence-electron chi connectivity index (χ4n) is 4.73. The van der Waals surface area contributed by atoms with E-state index in [2.05, 4.69) is 34.6 Å². The maximum atomic E-state index is 12.4. The molecule has 3 N–H and O–H groups in total. The Bertz CT molecular complexity index is 1640. The molecule has 2 heterocycles. The molecule has 6 rings (SSSR count). The van der Waals surface area contributed by atoms with E-state index >= 15 is 0 Å². The van der Waals surface area contributed by atoms with Gasteiger partial charge in [-0.1, -0.05) is 66.3 Å². The maximum absolute atomic E-state index is 12.4. The van der Waals surface area contributed by atoms with Crippen LogP contribution in [-0.4, -0.2) is 31.8 Å². The molecule has 1 aliphatic rings. The van der Waals surface area contributed by atoms with Crippen molar-refractivity contribution in [3.05, 3.63) is 101 Å². The van der Waals surface area contributed by atoms with E-state index < -0.39 is 5.91 Å². The Morgan fingerprint density at radius 3 is 2.49 bits per heavy atom. The third kappa shape index (κ3) is 5.45. The predicted octanol–water partition coefficient (Wildman–Crippen LogP) is 5.66. The number of hydrogen-bond acceptors (Lipinski definition) is 6. The Kier molecular flexibility index (Phi) is 6.91. The molecule has 0 spiro atoms. The first-order valence-corrected chi connectivity index (χ1v) is 13.7. The summed E-state index contributed by atoms with van der Waals surface area (Å²) in [7, 11) is 0. The van der Waals surface area contributed by atoms with Crippen molar-refractivity contribution in [1.82, 2.24) is 20.2 Å². The van der Waals surface area contributed by atoms with Crippen molar-refractivity contribution in [3.63, 3.8) is 0 Å². The second kappa shape index (κ2) is 10.8. The van der Waals surface area contributed by atoms with E-state index in [1.165, 1.54) is 16.9 Å². The van der Waals surface area contributed by atoms with Gasteiger partial charge in [-0.2, -0.15) is 5.10 Å². The largest absolute Gasteiger partial charge is 0.302 e. The van der Waals surface area contributed by atoms with Crippen LogP contribution in [0.2, 0.25) is 0 Å². The Hall–Kier alpha value is -4.34. The number of hydroxylamine groups is 1. The minimum absolute atomic E-state index is 0.0617. The number of nitrogens with one attached hydrogen (secondary N) is 2. The zero-order chi connectivity index (χ0) is 26.8. The molecule has 0 radical (unpaired) electrons. The third-order valence-electron chi connectivity index (χ3n) is 7.10. The summed E-state index contributed by atoms with van der Waals surface area (Å²) in [5.41, 5.74) is 7.96. The number of hydrogen-bond donors (Lipinski definition) is 3. The van der Waals surface area contributed by atoms with Gasteiger partial charge in [0.05, 0.1) is 28.1 Å². The summed E-state index contributed by atoms with van der Waals surface area (Å²) in [5, 5.41) is 17.5. The van der Waals surface area contributed by atoms with Gasteiger partial charge in [0.2, 0.25) is 5.91 Å². The molecule has 1 saturated carbocycles. The van der Waals surface area contributed by atoms with Crippen LogP contribution in [0.3, 0.4) is 0 Å². The van der Waals surface area contributed by atoms with E-state index in [1.54, 1.807) is 17.6 Å². The van der Waals surface area contributed by atoms with Crippen LogP contribution in [-0.2, 0) is 17.8 Å².